The smallest absolute Gasteiger partial charge is 0.255 e. The topological polar surface area (TPSA) is 92.3 Å². The third kappa shape index (κ3) is 4.40. The Labute approximate surface area is 147 Å². The lowest BCUT2D eigenvalue weighted by molar-refractivity contribution is 0.0691. The summed E-state index contributed by atoms with van der Waals surface area (Å²) in [5, 5.41) is 0. The number of hydrogen-bond donors (Lipinski definition) is 1. The maximum Gasteiger partial charge on any atom is 0.255 e. The standard InChI is InChI=1S/C17H20N4O3S/c22-17(15-3-1-7-18-12-15)21-9-5-14(6-10-21)11-20-25(23,24)16-4-2-8-19-13-16/h1-4,7-8,12-14,20H,5-6,9-11H2. The van der Waals surface area contributed by atoms with Crippen LogP contribution in [0.15, 0.2) is 53.9 Å². The number of aromatic nitrogens is 2. The van der Waals surface area contributed by atoms with Crippen molar-refractivity contribution < 1.29 is 13.2 Å². The number of hydrogen-bond acceptors (Lipinski definition) is 5. The zero-order valence-electron chi connectivity index (χ0n) is 13.7. The summed E-state index contributed by atoms with van der Waals surface area (Å²) in [6.07, 6.45) is 7.60. The summed E-state index contributed by atoms with van der Waals surface area (Å²) in [6.45, 7) is 1.60. The Kier molecular flexibility index (Phi) is 5.40. The molecule has 2 aromatic heterocycles. The van der Waals surface area contributed by atoms with E-state index >= 15 is 0 Å². The van der Waals surface area contributed by atoms with E-state index in [1.165, 1.54) is 18.5 Å². The van der Waals surface area contributed by atoms with Gasteiger partial charge in [0, 0.05) is 44.4 Å². The van der Waals surface area contributed by atoms with E-state index in [9.17, 15) is 13.2 Å². The molecule has 8 heteroatoms. The summed E-state index contributed by atoms with van der Waals surface area (Å²) in [6, 6.07) is 6.61. The van der Waals surface area contributed by atoms with Crippen LogP contribution in [-0.4, -0.2) is 48.8 Å². The number of nitrogens with one attached hydrogen (secondary N) is 1. The molecule has 1 N–H and O–H groups in total. The molecule has 2 aromatic rings. The van der Waals surface area contributed by atoms with Gasteiger partial charge in [0.05, 0.1) is 5.56 Å². The van der Waals surface area contributed by atoms with Crippen LogP contribution < -0.4 is 4.72 Å². The SMILES string of the molecule is O=C(c1cccnc1)N1CCC(CNS(=O)(=O)c2cccnc2)CC1. The number of carbonyl (C=O) groups excluding carboxylic acids is 1. The largest absolute Gasteiger partial charge is 0.339 e. The third-order valence-corrected chi connectivity index (χ3v) is 5.73. The first-order valence-corrected chi connectivity index (χ1v) is 9.63. The lowest BCUT2D eigenvalue weighted by Crippen LogP contribution is -2.41. The number of carbonyl (C=O) groups is 1. The van der Waals surface area contributed by atoms with Crippen LogP contribution in [0.4, 0.5) is 0 Å². The Morgan fingerprint density at radius 2 is 1.80 bits per heavy atom. The van der Waals surface area contributed by atoms with Crippen molar-refractivity contribution >= 4 is 15.9 Å². The zero-order valence-corrected chi connectivity index (χ0v) is 14.5. The molecule has 0 aliphatic carbocycles. The fourth-order valence-corrected chi connectivity index (χ4v) is 3.91. The van der Waals surface area contributed by atoms with Crippen LogP contribution in [0.25, 0.3) is 0 Å². The van der Waals surface area contributed by atoms with Gasteiger partial charge in [-0.05, 0) is 43.0 Å². The molecular formula is C17H20N4O3S. The van der Waals surface area contributed by atoms with Gasteiger partial charge in [0.15, 0.2) is 0 Å². The van der Waals surface area contributed by atoms with Gasteiger partial charge in [-0.25, -0.2) is 13.1 Å². The average Bonchev–Trinajstić information content (AvgIpc) is 2.68. The first kappa shape index (κ1) is 17.5. The molecule has 1 fully saturated rings. The van der Waals surface area contributed by atoms with E-state index in [-0.39, 0.29) is 16.7 Å². The van der Waals surface area contributed by atoms with Crippen molar-refractivity contribution in [1.82, 2.24) is 19.6 Å². The molecule has 3 rings (SSSR count). The molecule has 7 nitrogen and oxygen atoms in total. The number of piperidine rings is 1. The maximum absolute atomic E-state index is 12.4. The molecule has 0 aromatic carbocycles. The molecule has 0 radical (unpaired) electrons. The molecule has 0 unspecified atom stereocenters. The highest BCUT2D eigenvalue weighted by Crippen LogP contribution is 2.19. The number of sulfonamides is 1. The predicted octanol–water partition coefficient (Wildman–Crippen LogP) is 1.31. The van der Waals surface area contributed by atoms with Gasteiger partial charge in [0.2, 0.25) is 10.0 Å². The zero-order chi connectivity index (χ0) is 17.7. The van der Waals surface area contributed by atoms with Crippen LogP contribution in [0.2, 0.25) is 0 Å². The molecule has 1 amide bonds. The van der Waals surface area contributed by atoms with E-state index in [0.29, 0.717) is 25.2 Å². The summed E-state index contributed by atoms with van der Waals surface area (Å²) in [5.41, 5.74) is 0.582. The van der Waals surface area contributed by atoms with E-state index in [0.717, 1.165) is 12.8 Å². The fourth-order valence-electron chi connectivity index (χ4n) is 2.83. The van der Waals surface area contributed by atoms with Gasteiger partial charge >= 0.3 is 0 Å². The summed E-state index contributed by atoms with van der Waals surface area (Å²) in [5.74, 6) is 0.187. The van der Waals surface area contributed by atoms with E-state index in [1.54, 1.807) is 35.5 Å². The highest BCUT2D eigenvalue weighted by Gasteiger charge is 2.25. The van der Waals surface area contributed by atoms with Crippen molar-refractivity contribution in [3.05, 3.63) is 54.6 Å². The molecule has 1 aliphatic rings. The predicted molar refractivity (Wildman–Crippen MR) is 92.3 cm³/mol. The lowest BCUT2D eigenvalue weighted by Gasteiger charge is -2.32. The highest BCUT2D eigenvalue weighted by atomic mass is 32.2. The number of amides is 1. The maximum atomic E-state index is 12.4. The van der Waals surface area contributed by atoms with Crippen LogP contribution in [0.1, 0.15) is 23.2 Å². The molecule has 25 heavy (non-hydrogen) atoms. The number of likely N-dealkylation sites (tertiary alicyclic amines) is 1. The minimum Gasteiger partial charge on any atom is -0.339 e. The third-order valence-electron chi connectivity index (χ3n) is 4.32. The van der Waals surface area contributed by atoms with Crippen molar-refractivity contribution in [1.29, 1.82) is 0 Å². The fraction of sp³-hybridized carbons (Fsp3) is 0.353. The van der Waals surface area contributed by atoms with Gasteiger partial charge in [-0.1, -0.05) is 0 Å². The Morgan fingerprint density at radius 1 is 1.12 bits per heavy atom. The van der Waals surface area contributed by atoms with Gasteiger partial charge in [-0.2, -0.15) is 0 Å². The number of rotatable bonds is 5. The van der Waals surface area contributed by atoms with Crippen LogP contribution in [-0.2, 0) is 10.0 Å². The summed E-state index contributed by atoms with van der Waals surface area (Å²) < 4.78 is 27.1. The van der Waals surface area contributed by atoms with Crippen LogP contribution in [0.3, 0.4) is 0 Å². The monoisotopic (exact) mass is 360 g/mol. The molecule has 3 heterocycles. The second-order valence-electron chi connectivity index (χ2n) is 6.02. The normalized spacial score (nSPS) is 15.9. The Hall–Kier alpha value is -2.32. The molecule has 132 valence electrons. The Balaban J connectivity index is 1.51. The van der Waals surface area contributed by atoms with Gasteiger partial charge in [0.25, 0.3) is 5.91 Å². The molecule has 0 spiro atoms. The van der Waals surface area contributed by atoms with Crippen molar-refractivity contribution in [2.75, 3.05) is 19.6 Å². The van der Waals surface area contributed by atoms with Crippen molar-refractivity contribution in [2.45, 2.75) is 17.7 Å². The van der Waals surface area contributed by atoms with Crippen molar-refractivity contribution in [3.63, 3.8) is 0 Å². The molecule has 0 saturated carbocycles. The second-order valence-corrected chi connectivity index (χ2v) is 7.78. The van der Waals surface area contributed by atoms with Gasteiger partial charge in [-0.15, -0.1) is 0 Å². The highest BCUT2D eigenvalue weighted by molar-refractivity contribution is 7.89. The average molecular weight is 360 g/mol. The molecule has 1 saturated heterocycles. The number of pyridine rings is 2. The minimum absolute atomic E-state index is 0.0255. The molecular weight excluding hydrogens is 340 g/mol. The van der Waals surface area contributed by atoms with Crippen LogP contribution in [0.5, 0.6) is 0 Å². The Morgan fingerprint density at radius 3 is 2.40 bits per heavy atom. The van der Waals surface area contributed by atoms with Gasteiger partial charge in [0.1, 0.15) is 4.90 Å². The van der Waals surface area contributed by atoms with Crippen LogP contribution >= 0.6 is 0 Å². The van der Waals surface area contributed by atoms with E-state index in [1.807, 2.05) is 0 Å². The lowest BCUT2D eigenvalue weighted by atomic mass is 9.97. The summed E-state index contributed by atoms with van der Waals surface area (Å²) >= 11 is 0. The minimum atomic E-state index is -3.53. The van der Waals surface area contributed by atoms with Crippen LogP contribution in [0, 0.1) is 5.92 Å². The van der Waals surface area contributed by atoms with Gasteiger partial charge < -0.3 is 4.90 Å². The van der Waals surface area contributed by atoms with E-state index in [4.69, 9.17) is 0 Å². The first-order chi connectivity index (χ1) is 12.1. The molecule has 1 aliphatic heterocycles. The number of nitrogens with zero attached hydrogens (tertiary/aromatic N) is 3. The van der Waals surface area contributed by atoms with Crippen molar-refractivity contribution in [2.24, 2.45) is 5.92 Å². The Bertz CT molecular complexity index is 804. The second kappa shape index (κ2) is 7.71. The van der Waals surface area contributed by atoms with Crippen molar-refractivity contribution in [3.8, 4) is 0 Å². The molecule has 0 atom stereocenters. The summed E-state index contributed by atoms with van der Waals surface area (Å²) in [4.78, 5) is 22.1. The van der Waals surface area contributed by atoms with E-state index in [2.05, 4.69) is 14.7 Å². The molecule has 0 bridgehead atoms. The summed E-state index contributed by atoms with van der Waals surface area (Å²) in [7, 11) is -3.53. The van der Waals surface area contributed by atoms with Gasteiger partial charge in [-0.3, -0.25) is 14.8 Å². The first-order valence-electron chi connectivity index (χ1n) is 8.15. The quantitative estimate of drug-likeness (QED) is 0.868. The van der Waals surface area contributed by atoms with E-state index < -0.39 is 10.0 Å².